The minimum atomic E-state index is -0.514. The second-order valence-corrected chi connectivity index (χ2v) is 4.44. The number of hydrogen-bond donors (Lipinski definition) is 3. The summed E-state index contributed by atoms with van der Waals surface area (Å²) in [6.45, 7) is 0.324. The summed E-state index contributed by atoms with van der Waals surface area (Å²) < 4.78 is 0. The van der Waals surface area contributed by atoms with Crippen LogP contribution in [-0.4, -0.2) is 30.9 Å². The van der Waals surface area contributed by atoms with E-state index in [2.05, 4.69) is 16.0 Å². The molecule has 1 saturated heterocycles. The molecular formula is C12H11ClN4O2. The number of rotatable bonds is 2. The number of nitrogens with one attached hydrogen (secondary N) is 3. The first kappa shape index (κ1) is 13.3. The second-order valence-electron chi connectivity index (χ2n) is 4.03. The predicted octanol–water partition coefficient (Wildman–Crippen LogP) is 0.238. The molecule has 1 atom stereocenters. The molecule has 0 radical (unpaired) electrons. The molecule has 0 aromatic heterocycles. The number of piperazine rings is 1. The molecule has 0 spiro atoms. The van der Waals surface area contributed by atoms with E-state index in [1.165, 1.54) is 6.07 Å². The van der Waals surface area contributed by atoms with Crippen molar-refractivity contribution in [2.75, 3.05) is 18.4 Å². The minimum Gasteiger partial charge on any atom is -0.353 e. The lowest BCUT2D eigenvalue weighted by Gasteiger charge is -2.23. The van der Waals surface area contributed by atoms with E-state index in [-0.39, 0.29) is 24.9 Å². The summed E-state index contributed by atoms with van der Waals surface area (Å²) in [5, 5.41) is 17.2. The lowest BCUT2D eigenvalue weighted by atomic mass is 10.2. The highest BCUT2D eigenvalue weighted by Gasteiger charge is 2.24. The van der Waals surface area contributed by atoms with Gasteiger partial charge in [0.25, 0.3) is 0 Å². The van der Waals surface area contributed by atoms with Gasteiger partial charge in [0.1, 0.15) is 6.04 Å². The van der Waals surface area contributed by atoms with Crippen LogP contribution in [0, 0.1) is 11.3 Å². The van der Waals surface area contributed by atoms with Crippen LogP contribution in [0.5, 0.6) is 0 Å². The first-order chi connectivity index (χ1) is 9.10. The molecule has 1 aromatic carbocycles. The van der Waals surface area contributed by atoms with Gasteiger partial charge < -0.3 is 10.6 Å². The number of anilines is 1. The van der Waals surface area contributed by atoms with Crippen LogP contribution < -0.4 is 16.0 Å². The van der Waals surface area contributed by atoms with Crippen molar-refractivity contribution in [3.8, 4) is 6.07 Å². The highest BCUT2D eigenvalue weighted by atomic mass is 35.5. The van der Waals surface area contributed by atoms with Crippen molar-refractivity contribution >= 4 is 29.1 Å². The Bertz CT molecular complexity index is 557. The smallest absolute Gasteiger partial charge is 0.243 e. The fourth-order valence-corrected chi connectivity index (χ4v) is 1.83. The summed E-state index contributed by atoms with van der Waals surface area (Å²) in [6, 6.07) is 6.07. The molecule has 0 saturated carbocycles. The molecule has 1 unspecified atom stereocenters. The van der Waals surface area contributed by atoms with Crippen LogP contribution >= 0.6 is 11.6 Å². The van der Waals surface area contributed by atoms with Gasteiger partial charge in [0.05, 0.1) is 28.9 Å². The maximum atomic E-state index is 12.0. The van der Waals surface area contributed by atoms with Crippen molar-refractivity contribution in [2.24, 2.45) is 0 Å². The maximum absolute atomic E-state index is 12.0. The lowest BCUT2D eigenvalue weighted by Crippen LogP contribution is -2.56. The number of benzene rings is 1. The monoisotopic (exact) mass is 278 g/mol. The zero-order valence-corrected chi connectivity index (χ0v) is 10.6. The van der Waals surface area contributed by atoms with Gasteiger partial charge in [0.2, 0.25) is 11.8 Å². The molecule has 6 nitrogen and oxygen atoms in total. The Kier molecular flexibility index (Phi) is 4.00. The molecule has 98 valence electrons. The van der Waals surface area contributed by atoms with E-state index in [0.717, 1.165) is 0 Å². The van der Waals surface area contributed by atoms with Gasteiger partial charge in [-0.05, 0) is 18.2 Å². The normalized spacial score (nSPS) is 18.3. The van der Waals surface area contributed by atoms with Crippen LogP contribution in [0.1, 0.15) is 5.56 Å². The third kappa shape index (κ3) is 3.22. The van der Waals surface area contributed by atoms with Crippen molar-refractivity contribution in [1.29, 1.82) is 5.26 Å². The molecule has 3 N–H and O–H groups in total. The van der Waals surface area contributed by atoms with Gasteiger partial charge >= 0.3 is 0 Å². The first-order valence-corrected chi connectivity index (χ1v) is 5.98. The topological polar surface area (TPSA) is 94.0 Å². The molecule has 1 aliphatic heterocycles. The molecule has 1 aromatic rings. The average molecular weight is 279 g/mol. The van der Waals surface area contributed by atoms with E-state index in [1.54, 1.807) is 12.1 Å². The third-order valence-electron chi connectivity index (χ3n) is 2.68. The van der Waals surface area contributed by atoms with E-state index in [4.69, 9.17) is 16.9 Å². The summed E-state index contributed by atoms with van der Waals surface area (Å²) in [4.78, 5) is 22.9. The predicted molar refractivity (Wildman–Crippen MR) is 69.6 cm³/mol. The Morgan fingerprint density at radius 3 is 2.95 bits per heavy atom. The third-order valence-corrected chi connectivity index (χ3v) is 3.01. The van der Waals surface area contributed by atoms with Crippen molar-refractivity contribution in [2.45, 2.75) is 6.04 Å². The molecule has 7 heteroatoms. The van der Waals surface area contributed by atoms with Crippen LogP contribution in [0.25, 0.3) is 0 Å². The Labute approximate surface area is 114 Å². The molecule has 1 aliphatic rings. The number of hydrogen-bond acceptors (Lipinski definition) is 4. The van der Waals surface area contributed by atoms with Gasteiger partial charge in [0.15, 0.2) is 0 Å². The van der Waals surface area contributed by atoms with E-state index < -0.39 is 6.04 Å². The van der Waals surface area contributed by atoms with Crippen molar-refractivity contribution in [1.82, 2.24) is 10.6 Å². The van der Waals surface area contributed by atoms with E-state index in [1.807, 2.05) is 6.07 Å². The van der Waals surface area contributed by atoms with E-state index in [9.17, 15) is 9.59 Å². The largest absolute Gasteiger partial charge is 0.353 e. The number of halogens is 1. The number of amides is 2. The van der Waals surface area contributed by atoms with Crippen molar-refractivity contribution in [3.63, 3.8) is 0 Å². The second kappa shape index (κ2) is 5.69. The fourth-order valence-electron chi connectivity index (χ4n) is 1.66. The zero-order valence-electron chi connectivity index (χ0n) is 9.87. The van der Waals surface area contributed by atoms with Gasteiger partial charge in [0, 0.05) is 6.54 Å². The summed E-state index contributed by atoms with van der Waals surface area (Å²) in [6.07, 6.45) is 0. The highest BCUT2D eigenvalue weighted by Crippen LogP contribution is 2.22. The van der Waals surface area contributed by atoms with Crippen LogP contribution in [0.3, 0.4) is 0 Å². The molecule has 2 rings (SSSR count). The van der Waals surface area contributed by atoms with Crippen LogP contribution in [-0.2, 0) is 9.59 Å². The van der Waals surface area contributed by atoms with Gasteiger partial charge in [-0.25, -0.2) is 0 Å². The molecule has 0 bridgehead atoms. The quantitative estimate of drug-likeness (QED) is 0.722. The Hall–Kier alpha value is -2.10. The molecule has 1 fully saturated rings. The molecule has 19 heavy (non-hydrogen) atoms. The van der Waals surface area contributed by atoms with E-state index in [0.29, 0.717) is 16.3 Å². The SMILES string of the molecule is N#Cc1ccc(Cl)c(NC(=O)C2CNC(=O)CN2)c1. The molecule has 2 amide bonds. The Balaban J connectivity index is 2.06. The average Bonchev–Trinajstić information content (AvgIpc) is 2.42. The van der Waals surface area contributed by atoms with E-state index >= 15 is 0 Å². The Morgan fingerprint density at radius 2 is 2.32 bits per heavy atom. The summed E-state index contributed by atoms with van der Waals surface area (Å²) in [5.41, 5.74) is 0.786. The fraction of sp³-hybridized carbons (Fsp3) is 0.250. The molecule has 0 aliphatic carbocycles. The van der Waals surface area contributed by atoms with Crippen molar-refractivity contribution in [3.05, 3.63) is 28.8 Å². The lowest BCUT2D eigenvalue weighted by molar-refractivity contribution is -0.124. The summed E-state index contributed by atoms with van der Waals surface area (Å²) in [5.74, 6) is -0.453. The van der Waals surface area contributed by atoms with Gasteiger partial charge in [-0.15, -0.1) is 0 Å². The zero-order chi connectivity index (χ0) is 13.8. The van der Waals surface area contributed by atoms with Crippen molar-refractivity contribution < 1.29 is 9.59 Å². The summed E-state index contributed by atoms with van der Waals surface area (Å²) >= 11 is 5.95. The minimum absolute atomic E-state index is 0.101. The molecular weight excluding hydrogens is 268 g/mol. The van der Waals surface area contributed by atoms with Gasteiger partial charge in [-0.1, -0.05) is 11.6 Å². The highest BCUT2D eigenvalue weighted by molar-refractivity contribution is 6.33. The van der Waals surface area contributed by atoms with Crippen LogP contribution in [0.2, 0.25) is 5.02 Å². The number of nitrogens with zero attached hydrogens (tertiary/aromatic N) is 1. The number of carbonyl (C=O) groups is 2. The number of nitriles is 1. The van der Waals surface area contributed by atoms with Gasteiger partial charge in [-0.3, -0.25) is 14.9 Å². The standard InChI is InChI=1S/C12H11ClN4O2/c13-8-2-1-7(4-14)3-9(8)17-12(19)10-5-16-11(18)6-15-10/h1-3,10,15H,5-6H2,(H,16,18)(H,17,19). The first-order valence-electron chi connectivity index (χ1n) is 5.61. The number of carbonyl (C=O) groups excluding carboxylic acids is 2. The van der Waals surface area contributed by atoms with Gasteiger partial charge in [-0.2, -0.15) is 5.26 Å². The summed E-state index contributed by atoms with van der Waals surface area (Å²) in [7, 11) is 0. The maximum Gasteiger partial charge on any atom is 0.243 e. The van der Waals surface area contributed by atoms with Crippen LogP contribution in [0.15, 0.2) is 18.2 Å². The molecule has 1 heterocycles. The van der Waals surface area contributed by atoms with Crippen LogP contribution in [0.4, 0.5) is 5.69 Å². The Morgan fingerprint density at radius 1 is 1.53 bits per heavy atom.